The van der Waals surface area contributed by atoms with Crippen LogP contribution >= 0.6 is 23.8 Å². The molecule has 0 spiro atoms. The highest BCUT2D eigenvalue weighted by molar-refractivity contribution is 7.80. The van der Waals surface area contributed by atoms with Gasteiger partial charge < -0.3 is 11.1 Å². The summed E-state index contributed by atoms with van der Waals surface area (Å²) in [4.78, 5) is 11.9. The molecule has 0 bridgehead atoms. The van der Waals surface area contributed by atoms with Gasteiger partial charge in [-0.25, -0.2) is 0 Å². The van der Waals surface area contributed by atoms with Gasteiger partial charge in [0, 0.05) is 12.0 Å². The third-order valence-corrected chi connectivity index (χ3v) is 2.67. The van der Waals surface area contributed by atoms with Crippen molar-refractivity contribution in [2.24, 2.45) is 11.7 Å². The van der Waals surface area contributed by atoms with Crippen LogP contribution in [-0.2, 0) is 4.79 Å². The molecule has 0 saturated carbocycles. The molecule has 0 aliphatic rings. The van der Waals surface area contributed by atoms with Crippen LogP contribution in [0.4, 0.5) is 5.69 Å². The molecule has 0 unspecified atom stereocenters. The minimum atomic E-state index is -0.0509. The zero-order valence-electron chi connectivity index (χ0n) is 9.79. The Kier molecular flexibility index (Phi) is 4.90. The predicted octanol–water partition coefficient (Wildman–Crippen LogP) is 2.96. The Morgan fingerprint density at radius 2 is 2.18 bits per heavy atom. The molecule has 0 heterocycles. The standard InChI is InChI=1S/C12H15ClN2OS/c1-7(2)5-11(16)15-10-4-3-8(12(14)17)6-9(10)13/h3-4,6-7H,5H2,1-2H3,(H2,14,17)(H,15,16). The van der Waals surface area contributed by atoms with Crippen LogP contribution in [0.3, 0.4) is 0 Å². The van der Waals surface area contributed by atoms with Gasteiger partial charge in [0.1, 0.15) is 4.99 Å². The van der Waals surface area contributed by atoms with Crippen LogP contribution in [0.5, 0.6) is 0 Å². The topological polar surface area (TPSA) is 55.1 Å². The molecule has 0 fully saturated rings. The van der Waals surface area contributed by atoms with E-state index in [9.17, 15) is 4.79 Å². The molecule has 3 nitrogen and oxygen atoms in total. The maximum absolute atomic E-state index is 11.6. The molecule has 1 aromatic rings. The lowest BCUT2D eigenvalue weighted by atomic mass is 10.1. The summed E-state index contributed by atoms with van der Waals surface area (Å²) in [5.41, 5.74) is 6.75. The molecule has 0 saturated heterocycles. The maximum atomic E-state index is 11.6. The second-order valence-electron chi connectivity index (χ2n) is 4.21. The largest absolute Gasteiger partial charge is 0.389 e. The van der Waals surface area contributed by atoms with E-state index in [0.717, 1.165) is 0 Å². The first-order valence-electron chi connectivity index (χ1n) is 5.29. The lowest BCUT2D eigenvalue weighted by Crippen LogP contribution is -2.15. The van der Waals surface area contributed by atoms with Crippen molar-refractivity contribution >= 4 is 40.4 Å². The Bertz CT molecular complexity index is 446. The second kappa shape index (κ2) is 5.98. The van der Waals surface area contributed by atoms with Crippen molar-refractivity contribution in [2.75, 3.05) is 5.32 Å². The van der Waals surface area contributed by atoms with Gasteiger partial charge in [-0.1, -0.05) is 37.7 Å². The maximum Gasteiger partial charge on any atom is 0.224 e. The van der Waals surface area contributed by atoms with E-state index in [-0.39, 0.29) is 10.9 Å². The van der Waals surface area contributed by atoms with Crippen molar-refractivity contribution in [3.8, 4) is 0 Å². The fraction of sp³-hybridized carbons (Fsp3) is 0.333. The van der Waals surface area contributed by atoms with Gasteiger partial charge in [0.2, 0.25) is 5.91 Å². The van der Waals surface area contributed by atoms with Gasteiger partial charge in [-0.3, -0.25) is 4.79 Å². The summed E-state index contributed by atoms with van der Waals surface area (Å²) in [6, 6.07) is 5.09. The molecule has 0 atom stereocenters. The Labute approximate surface area is 111 Å². The Hall–Kier alpha value is -1.13. The van der Waals surface area contributed by atoms with Gasteiger partial charge in [-0.15, -0.1) is 0 Å². The Morgan fingerprint density at radius 1 is 1.53 bits per heavy atom. The number of carbonyl (C=O) groups is 1. The first kappa shape index (κ1) is 13.9. The molecule has 3 N–H and O–H groups in total. The van der Waals surface area contributed by atoms with Gasteiger partial charge in [0.25, 0.3) is 0 Å². The number of thiocarbonyl (C=S) groups is 1. The average molecular weight is 271 g/mol. The number of hydrogen-bond donors (Lipinski definition) is 2. The number of rotatable bonds is 4. The summed E-state index contributed by atoms with van der Waals surface area (Å²) in [5, 5.41) is 3.19. The third-order valence-electron chi connectivity index (χ3n) is 2.12. The first-order chi connectivity index (χ1) is 7.90. The highest BCUT2D eigenvalue weighted by atomic mass is 35.5. The Morgan fingerprint density at radius 3 is 2.65 bits per heavy atom. The molecule has 5 heteroatoms. The van der Waals surface area contributed by atoms with Crippen LogP contribution in [0.25, 0.3) is 0 Å². The van der Waals surface area contributed by atoms with Gasteiger partial charge >= 0.3 is 0 Å². The minimum absolute atomic E-state index is 0.0509. The van der Waals surface area contributed by atoms with Crippen LogP contribution in [0.1, 0.15) is 25.8 Å². The van der Waals surface area contributed by atoms with Gasteiger partial charge in [0.15, 0.2) is 0 Å². The summed E-state index contributed by atoms with van der Waals surface area (Å²) in [6.45, 7) is 3.97. The Balaban J connectivity index is 2.79. The van der Waals surface area contributed by atoms with Crippen LogP contribution in [-0.4, -0.2) is 10.9 Å². The van der Waals surface area contributed by atoms with Crippen LogP contribution in [0.2, 0.25) is 5.02 Å². The molecule has 0 aromatic heterocycles. The quantitative estimate of drug-likeness (QED) is 0.827. The van der Waals surface area contributed by atoms with Crippen LogP contribution < -0.4 is 11.1 Å². The van der Waals surface area contributed by atoms with Crippen molar-refractivity contribution in [3.05, 3.63) is 28.8 Å². The normalized spacial score (nSPS) is 10.4. The molecule has 17 heavy (non-hydrogen) atoms. The van der Waals surface area contributed by atoms with E-state index in [4.69, 9.17) is 29.6 Å². The van der Waals surface area contributed by atoms with Crippen molar-refractivity contribution < 1.29 is 4.79 Å². The van der Waals surface area contributed by atoms with Crippen LogP contribution in [0.15, 0.2) is 18.2 Å². The smallest absolute Gasteiger partial charge is 0.224 e. The summed E-state index contributed by atoms with van der Waals surface area (Å²) in [7, 11) is 0. The zero-order chi connectivity index (χ0) is 13.0. The fourth-order valence-electron chi connectivity index (χ4n) is 1.34. The van der Waals surface area contributed by atoms with E-state index in [1.165, 1.54) is 0 Å². The highest BCUT2D eigenvalue weighted by Gasteiger charge is 2.08. The molecule has 1 amide bonds. The third kappa shape index (κ3) is 4.32. The van der Waals surface area contributed by atoms with E-state index < -0.39 is 0 Å². The highest BCUT2D eigenvalue weighted by Crippen LogP contribution is 2.23. The lowest BCUT2D eigenvalue weighted by molar-refractivity contribution is -0.116. The summed E-state index contributed by atoms with van der Waals surface area (Å²) in [6.07, 6.45) is 0.466. The van der Waals surface area contributed by atoms with Crippen molar-refractivity contribution in [2.45, 2.75) is 20.3 Å². The monoisotopic (exact) mass is 270 g/mol. The number of benzene rings is 1. The molecular formula is C12H15ClN2OS. The van der Waals surface area contributed by atoms with E-state index in [0.29, 0.717) is 28.6 Å². The fourth-order valence-corrected chi connectivity index (χ4v) is 1.70. The summed E-state index contributed by atoms with van der Waals surface area (Å²) < 4.78 is 0. The van der Waals surface area contributed by atoms with E-state index in [2.05, 4.69) is 5.32 Å². The number of anilines is 1. The summed E-state index contributed by atoms with van der Waals surface area (Å²) in [5.74, 6) is 0.259. The number of amides is 1. The molecule has 92 valence electrons. The molecule has 1 aromatic carbocycles. The first-order valence-corrected chi connectivity index (χ1v) is 6.08. The number of nitrogens with one attached hydrogen (secondary N) is 1. The molecule has 1 rings (SSSR count). The predicted molar refractivity (Wildman–Crippen MR) is 75.4 cm³/mol. The van der Waals surface area contributed by atoms with Gasteiger partial charge in [0.05, 0.1) is 10.7 Å². The number of nitrogens with two attached hydrogens (primary N) is 1. The number of hydrogen-bond acceptors (Lipinski definition) is 2. The number of carbonyl (C=O) groups excluding carboxylic acids is 1. The van der Waals surface area contributed by atoms with Crippen LogP contribution in [0, 0.1) is 5.92 Å². The van der Waals surface area contributed by atoms with E-state index in [1.807, 2.05) is 13.8 Å². The SMILES string of the molecule is CC(C)CC(=O)Nc1ccc(C(N)=S)cc1Cl. The average Bonchev–Trinajstić information content (AvgIpc) is 2.19. The number of halogens is 1. The van der Waals surface area contributed by atoms with Crippen molar-refractivity contribution in [3.63, 3.8) is 0 Å². The van der Waals surface area contributed by atoms with Gasteiger partial charge in [-0.05, 0) is 24.1 Å². The van der Waals surface area contributed by atoms with E-state index in [1.54, 1.807) is 18.2 Å². The van der Waals surface area contributed by atoms with Crippen molar-refractivity contribution in [1.82, 2.24) is 0 Å². The minimum Gasteiger partial charge on any atom is -0.389 e. The lowest BCUT2D eigenvalue weighted by Gasteiger charge is -2.09. The second-order valence-corrected chi connectivity index (χ2v) is 5.05. The van der Waals surface area contributed by atoms with Crippen molar-refractivity contribution in [1.29, 1.82) is 0 Å². The zero-order valence-corrected chi connectivity index (χ0v) is 11.4. The van der Waals surface area contributed by atoms with Gasteiger partial charge in [-0.2, -0.15) is 0 Å². The molecule has 0 aliphatic carbocycles. The van der Waals surface area contributed by atoms with E-state index >= 15 is 0 Å². The molecule has 0 radical (unpaired) electrons. The molecular weight excluding hydrogens is 256 g/mol. The molecule has 0 aliphatic heterocycles. The summed E-state index contributed by atoms with van der Waals surface area (Å²) >= 11 is 10.9.